The highest BCUT2D eigenvalue weighted by Gasteiger charge is 2.28. The minimum absolute atomic E-state index is 0.0279. The summed E-state index contributed by atoms with van der Waals surface area (Å²) in [6.07, 6.45) is 0. The average molecular weight is 311 g/mol. The monoisotopic (exact) mass is 311 g/mol. The van der Waals surface area contributed by atoms with Gasteiger partial charge in [0.25, 0.3) is 0 Å². The first-order valence-electron chi connectivity index (χ1n) is 6.61. The Labute approximate surface area is 126 Å². The number of nitriles is 1. The van der Waals surface area contributed by atoms with Gasteiger partial charge in [-0.1, -0.05) is 6.92 Å². The molecule has 0 heterocycles. The zero-order valence-corrected chi connectivity index (χ0v) is 13.6. The molecule has 2 N–H and O–H groups in total. The Morgan fingerprint density at radius 2 is 2.10 bits per heavy atom. The molecule has 1 aromatic carbocycles. The van der Waals surface area contributed by atoms with Crippen molar-refractivity contribution in [2.24, 2.45) is 5.92 Å². The number of aryl methyl sites for hydroxylation is 1. The van der Waals surface area contributed by atoms with Crippen LogP contribution < -0.4 is 10.5 Å². The van der Waals surface area contributed by atoms with Gasteiger partial charge in [0.1, 0.15) is 10.6 Å². The average Bonchev–Trinajstić information content (AvgIpc) is 2.46. The smallest absolute Gasteiger partial charge is 0.246 e. The maximum atomic E-state index is 12.7. The van der Waals surface area contributed by atoms with E-state index < -0.39 is 15.9 Å². The summed E-state index contributed by atoms with van der Waals surface area (Å²) in [5, 5.41) is 8.88. The molecule has 1 unspecified atom stereocenters. The van der Waals surface area contributed by atoms with Crippen LogP contribution in [0.4, 0.5) is 5.69 Å². The first kappa shape index (κ1) is 17.3. The molecule has 6 nitrogen and oxygen atoms in total. The molecule has 0 saturated heterocycles. The molecule has 1 aromatic rings. The van der Waals surface area contributed by atoms with E-state index in [0.29, 0.717) is 5.69 Å². The Morgan fingerprint density at radius 3 is 2.57 bits per heavy atom. The van der Waals surface area contributed by atoms with Crippen LogP contribution in [0, 0.1) is 24.2 Å². The van der Waals surface area contributed by atoms with Gasteiger partial charge in [0.2, 0.25) is 10.0 Å². The number of rotatable bonds is 6. The largest absolute Gasteiger partial charge is 0.495 e. The highest BCUT2D eigenvalue weighted by molar-refractivity contribution is 7.89. The normalized spacial score (nSPS) is 13.0. The summed E-state index contributed by atoms with van der Waals surface area (Å²) in [7, 11) is -2.35. The van der Waals surface area contributed by atoms with Crippen LogP contribution in [0.5, 0.6) is 5.75 Å². The van der Waals surface area contributed by atoms with Crippen molar-refractivity contribution in [1.29, 1.82) is 5.26 Å². The second kappa shape index (κ2) is 6.78. The van der Waals surface area contributed by atoms with Gasteiger partial charge in [-0.05, 0) is 31.5 Å². The van der Waals surface area contributed by atoms with E-state index in [2.05, 4.69) is 0 Å². The number of hydrogen-bond acceptors (Lipinski definition) is 5. The van der Waals surface area contributed by atoms with Crippen LogP contribution in [0.1, 0.15) is 19.4 Å². The summed E-state index contributed by atoms with van der Waals surface area (Å²) in [5.41, 5.74) is 6.96. The topological polar surface area (TPSA) is 96.4 Å². The summed E-state index contributed by atoms with van der Waals surface area (Å²) < 4.78 is 31.9. The Bertz CT molecular complexity index is 650. The van der Waals surface area contributed by atoms with E-state index in [1.54, 1.807) is 26.8 Å². The van der Waals surface area contributed by atoms with Gasteiger partial charge in [0.05, 0.1) is 19.1 Å². The van der Waals surface area contributed by atoms with Crippen molar-refractivity contribution in [2.45, 2.75) is 25.7 Å². The minimum atomic E-state index is -3.76. The molecule has 0 spiro atoms. The van der Waals surface area contributed by atoms with Gasteiger partial charge in [-0.25, -0.2) is 8.42 Å². The minimum Gasteiger partial charge on any atom is -0.495 e. The van der Waals surface area contributed by atoms with Crippen molar-refractivity contribution in [3.05, 3.63) is 17.7 Å². The zero-order valence-electron chi connectivity index (χ0n) is 12.8. The van der Waals surface area contributed by atoms with Gasteiger partial charge in [-0.2, -0.15) is 9.57 Å². The molecule has 1 rings (SSSR count). The van der Waals surface area contributed by atoms with Crippen LogP contribution in [0.25, 0.3) is 0 Å². The molecule has 0 amide bonds. The number of sulfonamides is 1. The summed E-state index contributed by atoms with van der Waals surface area (Å²) in [6, 6.07) is 5.05. The SMILES string of the molecule is CCN(CC(C)C#N)S(=O)(=O)c1cc(N)c(C)cc1OC. The number of nitrogens with two attached hydrogens (primary N) is 1. The van der Waals surface area contributed by atoms with Crippen LogP contribution in [0.3, 0.4) is 0 Å². The van der Waals surface area contributed by atoms with Crippen LogP contribution in [0.15, 0.2) is 17.0 Å². The van der Waals surface area contributed by atoms with Crippen LogP contribution >= 0.6 is 0 Å². The summed E-state index contributed by atoms with van der Waals surface area (Å²) in [6.45, 7) is 5.59. The molecule has 0 aliphatic carbocycles. The van der Waals surface area contributed by atoms with Gasteiger partial charge >= 0.3 is 0 Å². The summed E-state index contributed by atoms with van der Waals surface area (Å²) in [5.74, 6) is -0.140. The number of anilines is 1. The van der Waals surface area contributed by atoms with E-state index in [1.807, 2.05) is 6.07 Å². The number of hydrogen-bond donors (Lipinski definition) is 1. The van der Waals surface area contributed by atoms with Crippen molar-refractivity contribution < 1.29 is 13.2 Å². The molecule has 1 atom stereocenters. The molecule has 116 valence electrons. The van der Waals surface area contributed by atoms with E-state index in [1.165, 1.54) is 17.5 Å². The summed E-state index contributed by atoms with van der Waals surface area (Å²) >= 11 is 0. The third-order valence-corrected chi connectivity index (χ3v) is 5.18. The van der Waals surface area contributed by atoms with Crippen LogP contribution in [-0.2, 0) is 10.0 Å². The van der Waals surface area contributed by atoms with E-state index in [4.69, 9.17) is 15.7 Å². The number of nitrogens with zero attached hydrogens (tertiary/aromatic N) is 2. The lowest BCUT2D eigenvalue weighted by molar-refractivity contribution is 0.383. The molecule has 21 heavy (non-hydrogen) atoms. The van der Waals surface area contributed by atoms with Gasteiger partial charge in [0.15, 0.2) is 0 Å². The zero-order chi connectivity index (χ0) is 16.2. The first-order chi connectivity index (χ1) is 9.77. The molecule has 0 saturated carbocycles. The molecule has 0 radical (unpaired) electrons. The van der Waals surface area contributed by atoms with E-state index >= 15 is 0 Å². The van der Waals surface area contributed by atoms with Gasteiger partial charge in [0, 0.05) is 18.8 Å². The molecule has 0 fully saturated rings. The Hall–Kier alpha value is -1.78. The summed E-state index contributed by atoms with van der Waals surface area (Å²) in [4.78, 5) is 0.0279. The lowest BCUT2D eigenvalue weighted by atomic mass is 10.2. The van der Waals surface area contributed by atoms with Crippen molar-refractivity contribution in [3.63, 3.8) is 0 Å². The third-order valence-electron chi connectivity index (χ3n) is 3.22. The maximum absolute atomic E-state index is 12.7. The number of benzene rings is 1. The molecule has 0 aliphatic heterocycles. The van der Waals surface area contributed by atoms with Crippen molar-refractivity contribution >= 4 is 15.7 Å². The van der Waals surface area contributed by atoms with Gasteiger partial charge < -0.3 is 10.5 Å². The highest BCUT2D eigenvalue weighted by Crippen LogP contribution is 2.31. The maximum Gasteiger partial charge on any atom is 0.246 e. The van der Waals surface area contributed by atoms with Crippen LogP contribution in [-0.4, -0.2) is 32.9 Å². The highest BCUT2D eigenvalue weighted by atomic mass is 32.2. The molecule has 0 aliphatic rings. The molecule has 0 bridgehead atoms. The number of nitrogen functional groups attached to an aromatic ring is 1. The predicted molar refractivity (Wildman–Crippen MR) is 81.4 cm³/mol. The van der Waals surface area contributed by atoms with E-state index in [9.17, 15) is 8.42 Å². The fourth-order valence-corrected chi connectivity index (χ4v) is 3.63. The van der Waals surface area contributed by atoms with Gasteiger partial charge in [-0.3, -0.25) is 0 Å². The standard InChI is InChI=1S/C14H21N3O3S/c1-5-17(9-10(2)8-15)21(18,19)14-7-12(16)11(3)6-13(14)20-4/h6-7,10H,5,9,16H2,1-4H3. The molecule has 0 aromatic heterocycles. The Balaban J connectivity index is 3.35. The van der Waals surface area contributed by atoms with Crippen LogP contribution in [0.2, 0.25) is 0 Å². The van der Waals surface area contributed by atoms with Crippen molar-refractivity contribution in [1.82, 2.24) is 4.31 Å². The van der Waals surface area contributed by atoms with E-state index in [0.717, 1.165) is 5.56 Å². The number of methoxy groups -OCH3 is 1. The fourth-order valence-electron chi connectivity index (χ4n) is 1.92. The quantitative estimate of drug-likeness (QED) is 0.807. The predicted octanol–water partition coefficient (Wildman–Crippen LogP) is 1.76. The van der Waals surface area contributed by atoms with E-state index in [-0.39, 0.29) is 23.7 Å². The number of ether oxygens (including phenoxy) is 1. The lowest BCUT2D eigenvalue weighted by Crippen LogP contribution is -2.34. The second-order valence-electron chi connectivity index (χ2n) is 4.85. The van der Waals surface area contributed by atoms with Crippen molar-refractivity contribution in [2.75, 3.05) is 25.9 Å². The molecular weight excluding hydrogens is 290 g/mol. The molecular formula is C14H21N3O3S. The second-order valence-corrected chi connectivity index (χ2v) is 6.75. The fraction of sp³-hybridized carbons (Fsp3) is 0.500. The molecule has 7 heteroatoms. The Morgan fingerprint density at radius 1 is 1.48 bits per heavy atom. The lowest BCUT2D eigenvalue weighted by Gasteiger charge is -2.23. The van der Waals surface area contributed by atoms with Crippen molar-refractivity contribution in [3.8, 4) is 11.8 Å². The first-order valence-corrected chi connectivity index (χ1v) is 8.05. The third kappa shape index (κ3) is 3.65. The Kier molecular flexibility index (Phi) is 5.58. The van der Waals surface area contributed by atoms with Gasteiger partial charge in [-0.15, -0.1) is 0 Å².